The molecule has 0 spiro atoms. The maximum Gasteiger partial charge on any atom is 0.400 e. The number of halogens is 6. The van der Waals surface area contributed by atoms with Gasteiger partial charge in [0.15, 0.2) is 5.92 Å². The van der Waals surface area contributed by atoms with Crippen molar-refractivity contribution in [2.45, 2.75) is 51.4 Å². The highest BCUT2D eigenvalue weighted by molar-refractivity contribution is 7.26. The molecule has 0 N–H and O–H groups in total. The van der Waals surface area contributed by atoms with E-state index in [1.165, 1.54) is 22.3 Å². The Bertz CT molecular complexity index is 1630. The van der Waals surface area contributed by atoms with Crippen LogP contribution in [0, 0.1) is 5.92 Å². The Labute approximate surface area is 220 Å². The molecule has 0 aliphatic rings. The lowest BCUT2D eigenvalue weighted by molar-refractivity contribution is -0.285. The van der Waals surface area contributed by atoms with Crippen LogP contribution in [0.5, 0.6) is 0 Å². The smallest absolute Gasteiger partial charge is 0.255 e. The fraction of sp³-hybridized carbons (Fsp3) is 0.300. The first-order valence-electron chi connectivity index (χ1n) is 12.2. The molecule has 2 aromatic heterocycles. The Hall–Kier alpha value is -3.13. The lowest BCUT2D eigenvalue weighted by Crippen LogP contribution is -2.36. The minimum Gasteiger partial charge on any atom is -0.255 e. The summed E-state index contributed by atoms with van der Waals surface area (Å²) in [5.41, 5.74) is 3.29. The van der Waals surface area contributed by atoms with E-state index < -0.39 is 24.7 Å². The number of aromatic nitrogens is 1. The predicted octanol–water partition coefficient (Wildman–Crippen LogP) is 10.2. The van der Waals surface area contributed by atoms with Gasteiger partial charge in [-0.15, -0.1) is 11.3 Å². The topological polar surface area (TPSA) is 12.9 Å². The molecular weight excluding hydrogens is 520 g/mol. The van der Waals surface area contributed by atoms with Crippen molar-refractivity contribution in [3.8, 4) is 11.3 Å². The van der Waals surface area contributed by atoms with Gasteiger partial charge in [0.1, 0.15) is 0 Å². The second-order valence-corrected chi connectivity index (χ2v) is 11.7. The van der Waals surface area contributed by atoms with Gasteiger partial charge in [0.2, 0.25) is 0 Å². The summed E-state index contributed by atoms with van der Waals surface area (Å²) in [5, 5.41) is 4.13. The summed E-state index contributed by atoms with van der Waals surface area (Å²) in [6, 6.07) is 19.5. The van der Waals surface area contributed by atoms with E-state index in [2.05, 4.69) is 45.0 Å². The van der Waals surface area contributed by atoms with Gasteiger partial charge >= 0.3 is 12.4 Å². The molecule has 1 nitrogen and oxygen atoms in total. The molecule has 0 atom stereocenters. The van der Waals surface area contributed by atoms with Gasteiger partial charge in [-0.05, 0) is 64.4 Å². The van der Waals surface area contributed by atoms with Crippen molar-refractivity contribution in [3.05, 3.63) is 78.0 Å². The summed E-state index contributed by atoms with van der Waals surface area (Å²) in [4.78, 5) is 4.70. The Morgan fingerprint density at radius 1 is 0.789 bits per heavy atom. The zero-order valence-corrected chi connectivity index (χ0v) is 21.8. The normalized spacial score (nSPS) is 13.3. The molecule has 5 rings (SSSR count). The molecule has 0 fully saturated rings. The lowest BCUT2D eigenvalue weighted by atomic mass is 9.82. The summed E-state index contributed by atoms with van der Waals surface area (Å²) >= 11 is 1.45. The maximum absolute atomic E-state index is 13.0. The summed E-state index contributed by atoms with van der Waals surface area (Å²) in [6.07, 6.45) is -10.3. The van der Waals surface area contributed by atoms with Crippen molar-refractivity contribution < 1.29 is 26.3 Å². The Morgan fingerprint density at radius 3 is 2.18 bits per heavy atom. The van der Waals surface area contributed by atoms with Crippen LogP contribution in [0.25, 0.3) is 42.2 Å². The molecule has 0 aliphatic carbocycles. The zero-order chi connectivity index (χ0) is 27.5. The van der Waals surface area contributed by atoms with Crippen molar-refractivity contribution >= 4 is 42.3 Å². The van der Waals surface area contributed by atoms with Crippen LogP contribution in [0.3, 0.4) is 0 Å². The van der Waals surface area contributed by atoms with Crippen LogP contribution < -0.4 is 0 Å². The number of aryl methyl sites for hydroxylation is 1. The van der Waals surface area contributed by atoms with Crippen LogP contribution in [-0.4, -0.2) is 17.3 Å². The third kappa shape index (κ3) is 4.98. The van der Waals surface area contributed by atoms with Gasteiger partial charge in [0.05, 0.1) is 10.4 Å². The standard InChI is InChI=1S/C30H25F6NS/c1-28(2,3)23-16-19(15-18-6-4-5-7-20(18)23)26-27-22(12-13-37-26)21-10-8-17(14-24(21)38-27)9-11-25(29(31,32)33)30(34,35)36/h4-8,10,12-16,25H,9,11H2,1-3H3. The first-order chi connectivity index (χ1) is 17.7. The quantitative estimate of drug-likeness (QED) is 0.205. The van der Waals surface area contributed by atoms with E-state index in [1.807, 2.05) is 18.2 Å². The van der Waals surface area contributed by atoms with Gasteiger partial charge in [-0.2, -0.15) is 26.3 Å². The van der Waals surface area contributed by atoms with Gasteiger partial charge in [-0.3, -0.25) is 4.98 Å². The van der Waals surface area contributed by atoms with Gasteiger partial charge in [-0.1, -0.05) is 57.2 Å². The molecule has 0 bridgehead atoms. The van der Waals surface area contributed by atoms with E-state index in [-0.39, 0.29) is 11.8 Å². The average Bonchev–Trinajstić information content (AvgIpc) is 3.19. The fourth-order valence-corrected chi connectivity index (χ4v) is 6.27. The van der Waals surface area contributed by atoms with E-state index in [9.17, 15) is 26.3 Å². The molecule has 0 saturated heterocycles. The van der Waals surface area contributed by atoms with Crippen molar-refractivity contribution in [1.29, 1.82) is 0 Å². The highest BCUT2D eigenvalue weighted by Gasteiger charge is 2.55. The van der Waals surface area contributed by atoms with E-state index in [0.29, 0.717) is 5.56 Å². The number of fused-ring (bicyclic) bond motifs is 4. The number of rotatable bonds is 4. The van der Waals surface area contributed by atoms with Crippen LogP contribution in [0.1, 0.15) is 38.3 Å². The van der Waals surface area contributed by atoms with E-state index in [0.717, 1.165) is 36.8 Å². The largest absolute Gasteiger partial charge is 0.400 e. The Morgan fingerprint density at radius 2 is 1.50 bits per heavy atom. The second kappa shape index (κ2) is 9.26. The molecule has 38 heavy (non-hydrogen) atoms. The van der Waals surface area contributed by atoms with E-state index >= 15 is 0 Å². The Balaban J connectivity index is 1.58. The van der Waals surface area contributed by atoms with Crippen molar-refractivity contribution in [3.63, 3.8) is 0 Å². The van der Waals surface area contributed by atoms with Gasteiger partial charge in [-0.25, -0.2) is 0 Å². The molecule has 2 heterocycles. The molecule has 0 aliphatic heterocycles. The lowest BCUT2D eigenvalue weighted by Gasteiger charge is -2.22. The fourth-order valence-electron chi connectivity index (χ4n) is 5.00. The molecular formula is C30H25F6NS. The monoisotopic (exact) mass is 545 g/mol. The summed E-state index contributed by atoms with van der Waals surface area (Å²) in [5.74, 6) is -3.34. The number of alkyl halides is 6. The summed E-state index contributed by atoms with van der Waals surface area (Å²) < 4.78 is 79.7. The van der Waals surface area contributed by atoms with Crippen molar-refractivity contribution in [2.24, 2.45) is 5.92 Å². The summed E-state index contributed by atoms with van der Waals surface area (Å²) in [6.45, 7) is 6.49. The third-order valence-corrected chi connectivity index (χ3v) is 8.08. The minimum atomic E-state index is -5.33. The molecule has 8 heteroatoms. The molecule has 198 valence electrons. The number of hydrogen-bond donors (Lipinski definition) is 0. The number of thiophene rings is 1. The number of pyridine rings is 1. The van der Waals surface area contributed by atoms with E-state index in [4.69, 9.17) is 4.98 Å². The molecule has 0 radical (unpaired) electrons. The van der Waals surface area contributed by atoms with E-state index in [1.54, 1.807) is 24.4 Å². The maximum atomic E-state index is 13.0. The second-order valence-electron chi connectivity index (χ2n) is 10.6. The molecule has 5 aromatic rings. The predicted molar refractivity (Wildman–Crippen MR) is 143 cm³/mol. The highest BCUT2D eigenvalue weighted by Crippen LogP contribution is 2.44. The minimum absolute atomic E-state index is 0.108. The third-order valence-electron chi connectivity index (χ3n) is 6.91. The van der Waals surface area contributed by atoms with Crippen molar-refractivity contribution in [1.82, 2.24) is 4.98 Å². The zero-order valence-electron chi connectivity index (χ0n) is 21.0. The van der Waals surface area contributed by atoms with Crippen LogP contribution in [0.15, 0.2) is 66.9 Å². The number of hydrogen-bond acceptors (Lipinski definition) is 2. The molecule has 3 aromatic carbocycles. The summed E-state index contributed by atoms with van der Waals surface area (Å²) in [7, 11) is 0. The van der Waals surface area contributed by atoms with Crippen LogP contribution in [0.2, 0.25) is 0 Å². The van der Waals surface area contributed by atoms with Crippen LogP contribution in [-0.2, 0) is 11.8 Å². The Kier molecular flexibility index (Phi) is 6.45. The number of nitrogens with zero attached hydrogens (tertiary/aromatic N) is 1. The highest BCUT2D eigenvalue weighted by atomic mass is 32.1. The van der Waals surface area contributed by atoms with Crippen LogP contribution >= 0.6 is 11.3 Å². The van der Waals surface area contributed by atoms with Gasteiger partial charge < -0.3 is 0 Å². The first kappa shape index (κ1) is 26.5. The molecule has 0 saturated carbocycles. The average molecular weight is 546 g/mol. The molecule has 0 unspecified atom stereocenters. The first-order valence-corrected chi connectivity index (χ1v) is 13.0. The van der Waals surface area contributed by atoms with Crippen LogP contribution in [0.4, 0.5) is 26.3 Å². The number of benzene rings is 3. The van der Waals surface area contributed by atoms with Gasteiger partial charge in [0.25, 0.3) is 0 Å². The molecule has 0 amide bonds. The van der Waals surface area contributed by atoms with Gasteiger partial charge in [0, 0.05) is 27.2 Å². The SMILES string of the molecule is CC(C)(C)c1cc(-c2nccc3c2sc2cc(CCC(C(F)(F)F)C(F)(F)F)ccc23)cc2ccccc12. The van der Waals surface area contributed by atoms with Crippen molar-refractivity contribution in [2.75, 3.05) is 0 Å².